The Kier molecular flexibility index (Phi) is 5.75. The number of rotatable bonds is 5. The highest BCUT2D eigenvalue weighted by atomic mass is 79.9. The van der Waals surface area contributed by atoms with Crippen molar-refractivity contribution in [1.29, 1.82) is 0 Å². The van der Waals surface area contributed by atoms with E-state index >= 15 is 0 Å². The summed E-state index contributed by atoms with van der Waals surface area (Å²) in [6, 6.07) is 12.5. The van der Waals surface area contributed by atoms with Crippen molar-refractivity contribution in [3.63, 3.8) is 0 Å². The molecule has 7 nitrogen and oxygen atoms in total. The van der Waals surface area contributed by atoms with Gasteiger partial charge in [0.2, 0.25) is 5.91 Å². The zero-order valence-corrected chi connectivity index (χ0v) is 19.2. The zero-order valence-electron chi connectivity index (χ0n) is 17.6. The number of carbonyl (C=O) groups excluding carboxylic acids is 3. The predicted octanol–water partition coefficient (Wildman–Crippen LogP) is 3.76. The molecule has 0 aliphatic carbocycles. The molecule has 2 heterocycles. The second kappa shape index (κ2) is 8.34. The molecule has 4 rings (SSSR count). The molecule has 0 aromatic heterocycles. The maximum Gasteiger partial charge on any atom is 0.325 e. The van der Waals surface area contributed by atoms with E-state index in [4.69, 9.17) is 0 Å². The van der Waals surface area contributed by atoms with Crippen molar-refractivity contribution < 1.29 is 14.4 Å². The zero-order chi connectivity index (χ0) is 22.2. The van der Waals surface area contributed by atoms with E-state index in [0.717, 1.165) is 33.7 Å². The van der Waals surface area contributed by atoms with Crippen LogP contribution >= 0.6 is 15.9 Å². The number of nitrogens with zero attached hydrogens (tertiary/aromatic N) is 2. The number of urea groups is 1. The molecule has 2 aromatic carbocycles. The van der Waals surface area contributed by atoms with E-state index in [0.29, 0.717) is 11.3 Å². The Morgan fingerprint density at radius 3 is 2.58 bits per heavy atom. The average molecular weight is 485 g/mol. The molecule has 2 fully saturated rings. The smallest absolute Gasteiger partial charge is 0.325 e. The van der Waals surface area contributed by atoms with Crippen LogP contribution in [0.15, 0.2) is 46.9 Å². The van der Waals surface area contributed by atoms with Gasteiger partial charge in [0.1, 0.15) is 12.1 Å². The molecule has 0 radical (unpaired) electrons. The van der Waals surface area contributed by atoms with E-state index in [1.807, 2.05) is 25.1 Å². The van der Waals surface area contributed by atoms with Crippen LogP contribution in [0.3, 0.4) is 0 Å². The number of hydrogen-bond donors (Lipinski definition) is 2. The summed E-state index contributed by atoms with van der Waals surface area (Å²) in [5.41, 5.74) is 2.20. The third-order valence-electron chi connectivity index (χ3n) is 5.93. The number of carbonyl (C=O) groups is 3. The van der Waals surface area contributed by atoms with Crippen molar-refractivity contribution in [2.75, 3.05) is 29.9 Å². The van der Waals surface area contributed by atoms with E-state index in [1.165, 1.54) is 12.8 Å². The summed E-state index contributed by atoms with van der Waals surface area (Å²) >= 11 is 3.39. The highest BCUT2D eigenvalue weighted by molar-refractivity contribution is 9.10. The lowest BCUT2D eigenvalue weighted by atomic mass is 9.92. The molecule has 2 aliphatic rings. The summed E-state index contributed by atoms with van der Waals surface area (Å²) < 4.78 is 0.803. The monoisotopic (exact) mass is 484 g/mol. The third kappa shape index (κ3) is 4.17. The number of benzene rings is 2. The van der Waals surface area contributed by atoms with Gasteiger partial charge in [0.25, 0.3) is 5.91 Å². The van der Waals surface area contributed by atoms with Gasteiger partial charge in [-0.1, -0.05) is 28.1 Å². The van der Waals surface area contributed by atoms with E-state index in [9.17, 15) is 14.4 Å². The van der Waals surface area contributed by atoms with Crippen LogP contribution in [0.4, 0.5) is 16.2 Å². The first-order valence-corrected chi connectivity index (χ1v) is 11.1. The number of aryl methyl sites for hydroxylation is 1. The van der Waals surface area contributed by atoms with Gasteiger partial charge in [-0.25, -0.2) is 4.79 Å². The summed E-state index contributed by atoms with van der Waals surface area (Å²) in [7, 11) is 0. The second-order valence-electron chi connectivity index (χ2n) is 8.20. The lowest BCUT2D eigenvalue weighted by Crippen LogP contribution is -2.42. The van der Waals surface area contributed by atoms with Crippen molar-refractivity contribution in [2.45, 2.75) is 32.2 Å². The van der Waals surface area contributed by atoms with Crippen LogP contribution < -0.4 is 15.5 Å². The highest BCUT2D eigenvalue weighted by Crippen LogP contribution is 2.30. The summed E-state index contributed by atoms with van der Waals surface area (Å²) in [6.45, 7) is 5.34. The van der Waals surface area contributed by atoms with E-state index < -0.39 is 23.4 Å². The Morgan fingerprint density at radius 2 is 1.90 bits per heavy atom. The Morgan fingerprint density at radius 1 is 1.16 bits per heavy atom. The van der Waals surface area contributed by atoms with Crippen molar-refractivity contribution in [3.8, 4) is 0 Å². The van der Waals surface area contributed by atoms with Crippen molar-refractivity contribution in [1.82, 2.24) is 10.2 Å². The number of hydrogen-bond acceptors (Lipinski definition) is 4. The topological polar surface area (TPSA) is 81.8 Å². The molecule has 0 spiro atoms. The number of nitrogens with one attached hydrogen (secondary N) is 2. The van der Waals surface area contributed by atoms with Gasteiger partial charge < -0.3 is 15.5 Å². The lowest BCUT2D eigenvalue weighted by molar-refractivity contribution is -0.133. The normalized spacial score (nSPS) is 20.9. The Balaban J connectivity index is 1.45. The molecule has 4 amide bonds. The first kappa shape index (κ1) is 21.4. The molecular weight excluding hydrogens is 460 g/mol. The van der Waals surface area contributed by atoms with Crippen LogP contribution in [-0.4, -0.2) is 42.4 Å². The molecule has 8 heteroatoms. The molecule has 0 saturated carbocycles. The van der Waals surface area contributed by atoms with Crippen LogP contribution in [0, 0.1) is 6.92 Å². The molecule has 1 atom stereocenters. The van der Waals surface area contributed by atoms with Crippen molar-refractivity contribution in [2.24, 2.45) is 0 Å². The number of imide groups is 1. The van der Waals surface area contributed by atoms with Crippen LogP contribution in [0.1, 0.15) is 30.9 Å². The Labute approximate surface area is 189 Å². The number of amides is 4. The standard InChI is InChI=1S/C23H25BrN4O3/c1-15-12-18(27-10-3-4-11-27)8-9-19(15)25-20(29)14-28-21(30)23(2,26-22(28)31)16-6-5-7-17(24)13-16/h5-9,12-13H,3-4,10-11,14H2,1-2H3,(H,25,29)(H,26,31). The third-order valence-corrected chi connectivity index (χ3v) is 6.43. The van der Waals surface area contributed by atoms with Gasteiger partial charge in [0.15, 0.2) is 0 Å². The minimum atomic E-state index is -1.21. The summed E-state index contributed by atoms with van der Waals surface area (Å²) in [6.07, 6.45) is 2.39. The molecule has 1 unspecified atom stereocenters. The Bertz CT molecular complexity index is 1050. The maximum atomic E-state index is 13.0. The van der Waals surface area contributed by atoms with Gasteiger partial charge in [-0.2, -0.15) is 0 Å². The van der Waals surface area contributed by atoms with E-state index in [2.05, 4.69) is 37.5 Å². The van der Waals surface area contributed by atoms with Gasteiger partial charge in [0.05, 0.1) is 0 Å². The van der Waals surface area contributed by atoms with Gasteiger partial charge >= 0.3 is 6.03 Å². The maximum absolute atomic E-state index is 13.0. The minimum Gasteiger partial charge on any atom is -0.372 e. The quantitative estimate of drug-likeness (QED) is 0.632. The Hall–Kier alpha value is -2.87. The largest absolute Gasteiger partial charge is 0.372 e. The van der Waals surface area contributed by atoms with Crippen LogP contribution in [0.5, 0.6) is 0 Å². The van der Waals surface area contributed by atoms with Crippen molar-refractivity contribution in [3.05, 3.63) is 58.1 Å². The average Bonchev–Trinajstić information content (AvgIpc) is 3.34. The van der Waals surface area contributed by atoms with Gasteiger partial charge in [-0.3, -0.25) is 14.5 Å². The first-order chi connectivity index (χ1) is 14.8. The molecule has 2 N–H and O–H groups in total. The van der Waals surface area contributed by atoms with Crippen LogP contribution in [-0.2, 0) is 15.1 Å². The van der Waals surface area contributed by atoms with Crippen LogP contribution in [0.25, 0.3) is 0 Å². The molecule has 31 heavy (non-hydrogen) atoms. The summed E-state index contributed by atoms with van der Waals surface area (Å²) in [4.78, 5) is 41.5. The summed E-state index contributed by atoms with van der Waals surface area (Å²) in [5.74, 6) is -0.870. The van der Waals surface area contributed by atoms with Gasteiger partial charge in [0, 0.05) is 28.9 Å². The van der Waals surface area contributed by atoms with Gasteiger partial charge in [-0.05, 0) is 68.1 Å². The molecule has 2 saturated heterocycles. The molecule has 2 aliphatic heterocycles. The minimum absolute atomic E-state index is 0.346. The molecule has 2 aromatic rings. The summed E-state index contributed by atoms with van der Waals surface area (Å²) in [5, 5.41) is 5.56. The fourth-order valence-corrected chi connectivity index (χ4v) is 4.53. The van der Waals surface area contributed by atoms with Crippen LogP contribution in [0.2, 0.25) is 0 Å². The molecular formula is C23H25BrN4O3. The highest BCUT2D eigenvalue weighted by Gasteiger charge is 2.49. The number of halogens is 1. The van der Waals surface area contributed by atoms with Gasteiger partial charge in [-0.15, -0.1) is 0 Å². The fraction of sp³-hybridized carbons (Fsp3) is 0.348. The second-order valence-corrected chi connectivity index (χ2v) is 9.11. The first-order valence-electron chi connectivity index (χ1n) is 10.3. The molecule has 162 valence electrons. The number of anilines is 2. The van der Waals surface area contributed by atoms with E-state index in [-0.39, 0.29) is 6.54 Å². The predicted molar refractivity (Wildman–Crippen MR) is 123 cm³/mol. The molecule has 0 bridgehead atoms. The lowest BCUT2D eigenvalue weighted by Gasteiger charge is -2.22. The van der Waals surface area contributed by atoms with E-state index in [1.54, 1.807) is 25.1 Å². The SMILES string of the molecule is Cc1cc(N2CCCC2)ccc1NC(=O)CN1C(=O)NC(C)(c2cccc(Br)c2)C1=O. The fourth-order valence-electron chi connectivity index (χ4n) is 4.13. The van der Waals surface area contributed by atoms with Crippen molar-refractivity contribution >= 4 is 45.2 Å².